The molecule has 140 valence electrons. The summed E-state index contributed by atoms with van der Waals surface area (Å²) < 4.78 is 26.2. The smallest absolute Gasteiger partial charge is 0.127 e. The molecule has 0 fully saturated rings. The third-order valence-electron chi connectivity index (χ3n) is 5.94. The van der Waals surface area contributed by atoms with Crippen LogP contribution >= 0.6 is 0 Å². The number of ether oxygens (including phenoxy) is 2. The second kappa shape index (κ2) is 6.52. The average molecular weight is 372 g/mol. The molecule has 0 radical (unpaired) electrons. The number of hydrogen-bond donors (Lipinski definition) is 0. The van der Waals surface area contributed by atoms with Crippen molar-refractivity contribution in [2.24, 2.45) is 0 Å². The molecule has 3 aromatic carbocycles. The van der Waals surface area contributed by atoms with Crippen molar-refractivity contribution in [1.29, 1.82) is 0 Å². The Morgan fingerprint density at radius 2 is 1.89 bits per heavy atom. The lowest BCUT2D eigenvalue weighted by Crippen LogP contribution is -2.31. The summed E-state index contributed by atoms with van der Waals surface area (Å²) in [4.78, 5) is 0. The van der Waals surface area contributed by atoms with Gasteiger partial charge in [0.15, 0.2) is 0 Å². The minimum absolute atomic E-state index is 0.185. The van der Waals surface area contributed by atoms with E-state index in [9.17, 15) is 0 Å². The fourth-order valence-corrected chi connectivity index (χ4v) is 4.52. The van der Waals surface area contributed by atoms with Crippen LogP contribution in [0.5, 0.6) is 11.5 Å². The molecule has 1 aliphatic heterocycles. The number of rotatable bonds is 3. The molecule has 0 aromatic heterocycles. The number of hydrogen-bond acceptors (Lipinski definition) is 2. The van der Waals surface area contributed by atoms with Crippen LogP contribution in [0.15, 0.2) is 66.7 Å². The number of benzene rings is 3. The van der Waals surface area contributed by atoms with Gasteiger partial charge in [0, 0.05) is 23.0 Å². The van der Waals surface area contributed by atoms with Gasteiger partial charge in [-0.2, -0.15) is 0 Å². The van der Waals surface area contributed by atoms with E-state index < -0.39 is 5.41 Å². The summed E-state index contributed by atoms with van der Waals surface area (Å²) >= 11 is 0. The fraction of sp³-hybridized carbons (Fsp3) is 0.200. The third kappa shape index (κ3) is 2.54. The summed E-state index contributed by atoms with van der Waals surface area (Å²) in [5, 5.41) is 0. The van der Waals surface area contributed by atoms with Crippen molar-refractivity contribution in [2.45, 2.75) is 18.3 Å². The van der Waals surface area contributed by atoms with Crippen molar-refractivity contribution in [2.75, 3.05) is 13.7 Å². The summed E-state index contributed by atoms with van der Waals surface area (Å²) in [6, 6.07) is 19.4. The molecule has 0 saturated heterocycles. The molecule has 1 unspecified atom stereocenters. The quantitative estimate of drug-likeness (QED) is 0.619. The van der Waals surface area contributed by atoms with Gasteiger partial charge in [-0.1, -0.05) is 54.6 Å². The van der Waals surface area contributed by atoms with E-state index in [1.54, 1.807) is 19.2 Å². The first-order valence-corrected chi connectivity index (χ1v) is 9.57. The Morgan fingerprint density at radius 3 is 2.75 bits per heavy atom. The standard InChI is InChI=1S/C25H21FO2/c1-27-24-8-4-5-18-16-25(13-11-20(18)24,21-6-2-3-7-22(21)26)19-9-10-23-17(15-19)12-14-28-23/h2-11,13,15H,12,14,16H2,1H3. The van der Waals surface area contributed by atoms with Gasteiger partial charge in [-0.3, -0.25) is 0 Å². The lowest BCUT2D eigenvalue weighted by atomic mass is 9.67. The van der Waals surface area contributed by atoms with Gasteiger partial charge < -0.3 is 9.47 Å². The molecule has 28 heavy (non-hydrogen) atoms. The SMILES string of the molecule is COc1cccc2c1C=CC(c1ccc3c(c1)CCO3)(c1ccccc1F)C2. The van der Waals surface area contributed by atoms with Crippen LogP contribution in [0.4, 0.5) is 4.39 Å². The Balaban J connectivity index is 1.73. The maximum atomic E-state index is 15.0. The van der Waals surface area contributed by atoms with Crippen LogP contribution < -0.4 is 9.47 Å². The van der Waals surface area contributed by atoms with Crippen molar-refractivity contribution in [3.05, 3.63) is 100 Å². The van der Waals surface area contributed by atoms with E-state index in [0.29, 0.717) is 18.6 Å². The molecule has 0 N–H and O–H groups in total. The summed E-state index contributed by atoms with van der Waals surface area (Å²) in [5.74, 6) is 1.60. The Morgan fingerprint density at radius 1 is 1.00 bits per heavy atom. The van der Waals surface area contributed by atoms with Crippen LogP contribution in [0.2, 0.25) is 0 Å². The normalized spacial score (nSPS) is 19.6. The Labute approximate surface area is 164 Å². The van der Waals surface area contributed by atoms with Crippen LogP contribution in [0.25, 0.3) is 6.08 Å². The second-order valence-electron chi connectivity index (χ2n) is 7.42. The molecule has 0 amide bonds. The predicted molar refractivity (Wildman–Crippen MR) is 109 cm³/mol. The van der Waals surface area contributed by atoms with Gasteiger partial charge in [-0.15, -0.1) is 0 Å². The van der Waals surface area contributed by atoms with Gasteiger partial charge in [0.05, 0.1) is 13.7 Å². The molecule has 1 aliphatic carbocycles. The largest absolute Gasteiger partial charge is 0.496 e. The average Bonchev–Trinajstić information content (AvgIpc) is 3.21. The fourth-order valence-electron chi connectivity index (χ4n) is 4.52. The Hall–Kier alpha value is -3.07. The lowest BCUT2D eigenvalue weighted by Gasteiger charge is -2.36. The second-order valence-corrected chi connectivity index (χ2v) is 7.42. The van der Waals surface area contributed by atoms with Gasteiger partial charge in [0.25, 0.3) is 0 Å². The highest BCUT2D eigenvalue weighted by molar-refractivity contribution is 5.69. The summed E-state index contributed by atoms with van der Waals surface area (Å²) in [7, 11) is 1.68. The zero-order valence-electron chi connectivity index (χ0n) is 15.7. The molecule has 5 rings (SSSR count). The van der Waals surface area contributed by atoms with Crippen molar-refractivity contribution >= 4 is 6.08 Å². The van der Waals surface area contributed by atoms with E-state index in [1.165, 1.54) is 5.56 Å². The maximum absolute atomic E-state index is 15.0. The maximum Gasteiger partial charge on any atom is 0.127 e. The van der Waals surface area contributed by atoms with Crippen LogP contribution in [-0.4, -0.2) is 13.7 Å². The monoisotopic (exact) mass is 372 g/mol. The lowest BCUT2D eigenvalue weighted by molar-refractivity contribution is 0.356. The van der Waals surface area contributed by atoms with Gasteiger partial charge in [0.2, 0.25) is 0 Å². The van der Waals surface area contributed by atoms with E-state index in [4.69, 9.17) is 9.47 Å². The zero-order chi connectivity index (χ0) is 19.1. The summed E-state index contributed by atoms with van der Waals surface area (Å²) in [6.07, 6.45) is 5.78. The number of allylic oxidation sites excluding steroid dienone is 1. The molecule has 2 nitrogen and oxygen atoms in total. The zero-order valence-corrected chi connectivity index (χ0v) is 15.7. The summed E-state index contributed by atoms with van der Waals surface area (Å²) in [6.45, 7) is 0.710. The highest BCUT2D eigenvalue weighted by Gasteiger charge is 2.38. The summed E-state index contributed by atoms with van der Waals surface area (Å²) in [5.41, 5.74) is 4.63. The molecule has 1 heterocycles. The number of halogens is 1. The predicted octanol–water partition coefficient (Wildman–Crippen LogP) is 5.32. The van der Waals surface area contributed by atoms with Crippen LogP contribution in [0.3, 0.4) is 0 Å². The first kappa shape index (κ1) is 17.1. The molecule has 0 bridgehead atoms. The van der Waals surface area contributed by atoms with Crippen LogP contribution in [-0.2, 0) is 18.3 Å². The van der Waals surface area contributed by atoms with E-state index in [-0.39, 0.29) is 5.82 Å². The van der Waals surface area contributed by atoms with Gasteiger partial charge >= 0.3 is 0 Å². The van der Waals surface area contributed by atoms with Crippen molar-refractivity contribution in [3.8, 4) is 11.5 Å². The van der Waals surface area contributed by atoms with Crippen molar-refractivity contribution in [3.63, 3.8) is 0 Å². The van der Waals surface area contributed by atoms with Crippen LogP contribution in [0, 0.1) is 5.82 Å². The molecule has 0 saturated carbocycles. The van der Waals surface area contributed by atoms with E-state index >= 15 is 4.39 Å². The first-order chi connectivity index (χ1) is 13.7. The molecule has 3 heteroatoms. The molecule has 2 aliphatic rings. The van der Waals surface area contributed by atoms with Gasteiger partial charge in [-0.05, 0) is 41.3 Å². The van der Waals surface area contributed by atoms with E-state index in [2.05, 4.69) is 30.4 Å². The van der Waals surface area contributed by atoms with Gasteiger partial charge in [0.1, 0.15) is 17.3 Å². The first-order valence-electron chi connectivity index (χ1n) is 9.57. The van der Waals surface area contributed by atoms with Crippen molar-refractivity contribution in [1.82, 2.24) is 0 Å². The Kier molecular flexibility index (Phi) is 3.97. The molecular formula is C25H21FO2. The number of fused-ring (bicyclic) bond motifs is 2. The minimum atomic E-state index is -0.567. The molecular weight excluding hydrogens is 351 g/mol. The number of methoxy groups -OCH3 is 1. The topological polar surface area (TPSA) is 18.5 Å². The van der Waals surface area contributed by atoms with E-state index in [1.807, 2.05) is 30.3 Å². The molecule has 0 spiro atoms. The van der Waals surface area contributed by atoms with Gasteiger partial charge in [-0.25, -0.2) is 4.39 Å². The Bertz CT molecular complexity index is 1090. The third-order valence-corrected chi connectivity index (χ3v) is 5.94. The molecule has 3 aromatic rings. The van der Waals surface area contributed by atoms with Crippen LogP contribution in [0.1, 0.15) is 27.8 Å². The highest BCUT2D eigenvalue weighted by Crippen LogP contribution is 2.45. The highest BCUT2D eigenvalue weighted by atomic mass is 19.1. The minimum Gasteiger partial charge on any atom is -0.496 e. The van der Waals surface area contributed by atoms with Crippen molar-refractivity contribution < 1.29 is 13.9 Å². The van der Waals surface area contributed by atoms with E-state index in [0.717, 1.165) is 34.6 Å². The molecule has 1 atom stereocenters.